The maximum absolute atomic E-state index is 12.4. The lowest BCUT2D eigenvalue weighted by Gasteiger charge is -2.00. The van der Waals surface area contributed by atoms with Crippen molar-refractivity contribution >= 4 is 15.1 Å². The van der Waals surface area contributed by atoms with Crippen LogP contribution >= 0.6 is 0 Å². The molecule has 0 atom stereocenters. The van der Waals surface area contributed by atoms with Crippen LogP contribution in [0, 0.1) is 5.82 Å². The van der Waals surface area contributed by atoms with Crippen LogP contribution in [0.5, 0.6) is 0 Å². The van der Waals surface area contributed by atoms with E-state index in [1.807, 2.05) is 0 Å². The monoisotopic (exact) mass is 218 g/mol. The molecular weight excluding hydrogens is 211 g/mol. The van der Waals surface area contributed by atoms with Crippen LogP contribution in [0.4, 0.5) is 9.18 Å². The summed E-state index contributed by atoms with van der Waals surface area (Å²) in [4.78, 5) is 10.5. The number of rotatable bonds is 1. The number of halogens is 1. The van der Waals surface area contributed by atoms with Crippen molar-refractivity contribution in [2.45, 2.75) is 4.90 Å². The zero-order valence-electron chi connectivity index (χ0n) is 7.23. The maximum atomic E-state index is 12.4. The third-order valence-electron chi connectivity index (χ3n) is 1.51. The Morgan fingerprint density at radius 2 is 1.79 bits per heavy atom. The van der Waals surface area contributed by atoms with Crippen molar-refractivity contribution in [2.24, 2.45) is 0 Å². The van der Waals surface area contributed by atoms with Crippen molar-refractivity contribution in [1.29, 1.82) is 0 Å². The van der Waals surface area contributed by atoms with Crippen molar-refractivity contribution in [3.8, 4) is 0 Å². The first-order valence-corrected chi connectivity index (χ1v) is 5.05. The first-order valence-electron chi connectivity index (χ1n) is 3.57. The van der Waals surface area contributed by atoms with Crippen LogP contribution in [0.1, 0.15) is 0 Å². The van der Waals surface area contributed by atoms with E-state index >= 15 is 0 Å². The molecule has 0 amide bonds. The molecule has 14 heavy (non-hydrogen) atoms. The largest absolute Gasteiger partial charge is 0.457 e. The van der Waals surface area contributed by atoms with Gasteiger partial charge in [0.2, 0.25) is 0 Å². The number of sulfone groups is 1. The minimum atomic E-state index is -4.13. The Morgan fingerprint density at radius 1 is 1.29 bits per heavy atom. The Balaban J connectivity index is 3.18. The van der Waals surface area contributed by atoms with Crippen molar-refractivity contribution in [3.63, 3.8) is 0 Å². The molecule has 0 unspecified atom stereocenters. The summed E-state index contributed by atoms with van der Waals surface area (Å²) in [6, 6.07) is 3.91. The second-order valence-corrected chi connectivity index (χ2v) is 4.22. The van der Waals surface area contributed by atoms with Gasteiger partial charge in [-0.05, 0) is 24.3 Å². The average Bonchev–Trinajstić information content (AvgIpc) is 2.17. The third kappa shape index (κ3) is 1.90. The van der Waals surface area contributed by atoms with E-state index in [1.54, 1.807) is 0 Å². The summed E-state index contributed by atoms with van der Waals surface area (Å²) in [6.45, 7) is 0. The first-order chi connectivity index (χ1) is 6.48. The summed E-state index contributed by atoms with van der Waals surface area (Å²) in [7, 11) is -3.17. The molecule has 0 bridgehead atoms. The van der Waals surface area contributed by atoms with Crippen LogP contribution in [0.15, 0.2) is 29.2 Å². The van der Waals surface area contributed by atoms with Gasteiger partial charge in [0.1, 0.15) is 5.82 Å². The fraction of sp³-hybridized carbons (Fsp3) is 0.125. The zero-order chi connectivity index (χ0) is 10.8. The molecule has 1 aromatic rings. The summed E-state index contributed by atoms with van der Waals surface area (Å²) in [5.74, 6) is -0.575. The molecule has 6 heteroatoms. The van der Waals surface area contributed by atoms with Gasteiger partial charge in [-0.2, -0.15) is 0 Å². The van der Waals surface area contributed by atoms with Gasteiger partial charge in [0.05, 0.1) is 12.0 Å². The Bertz CT molecular complexity index is 435. The number of methoxy groups -OCH3 is 1. The van der Waals surface area contributed by atoms with E-state index in [1.165, 1.54) is 0 Å². The number of hydrogen-bond donors (Lipinski definition) is 0. The summed E-state index contributed by atoms with van der Waals surface area (Å²) >= 11 is 0. The quantitative estimate of drug-likeness (QED) is 0.527. The number of carbonyl (C=O) groups is 1. The van der Waals surface area contributed by atoms with Crippen LogP contribution in [0.2, 0.25) is 0 Å². The first kappa shape index (κ1) is 10.6. The molecule has 76 valence electrons. The van der Waals surface area contributed by atoms with Crippen molar-refractivity contribution in [3.05, 3.63) is 30.1 Å². The fourth-order valence-electron chi connectivity index (χ4n) is 0.820. The van der Waals surface area contributed by atoms with Gasteiger partial charge in [-0.1, -0.05) is 0 Å². The van der Waals surface area contributed by atoms with Gasteiger partial charge in [0.25, 0.3) is 9.84 Å². The second kappa shape index (κ2) is 3.75. The van der Waals surface area contributed by atoms with Crippen molar-refractivity contribution in [2.75, 3.05) is 7.11 Å². The average molecular weight is 218 g/mol. The molecule has 0 aliphatic rings. The molecule has 1 rings (SSSR count). The van der Waals surface area contributed by atoms with E-state index in [9.17, 15) is 17.6 Å². The standard InChI is InChI=1S/C8H7FO4S/c1-13-8(10)14(11,12)7-4-2-6(9)3-5-7/h2-5H,1H3. The van der Waals surface area contributed by atoms with Gasteiger partial charge in [-0.25, -0.2) is 17.6 Å². The highest BCUT2D eigenvalue weighted by Gasteiger charge is 2.25. The van der Waals surface area contributed by atoms with E-state index in [4.69, 9.17) is 0 Å². The van der Waals surface area contributed by atoms with E-state index in [0.29, 0.717) is 0 Å². The molecular formula is C8H7FO4S. The molecule has 0 saturated heterocycles. The number of ether oxygens (including phenoxy) is 1. The normalized spacial score (nSPS) is 11.0. The summed E-state index contributed by atoms with van der Waals surface area (Å²) in [5, 5.41) is -1.36. The Kier molecular flexibility index (Phi) is 2.85. The molecule has 0 aliphatic carbocycles. The molecule has 0 aliphatic heterocycles. The topological polar surface area (TPSA) is 60.4 Å². The van der Waals surface area contributed by atoms with Gasteiger partial charge in [0.15, 0.2) is 0 Å². The second-order valence-electron chi connectivity index (χ2n) is 2.41. The summed E-state index contributed by atoms with van der Waals surface area (Å²) < 4.78 is 39.1. The van der Waals surface area contributed by atoms with Gasteiger partial charge in [-0.3, -0.25) is 0 Å². The fourth-order valence-corrected chi connectivity index (χ4v) is 1.73. The molecule has 4 nitrogen and oxygen atoms in total. The highest BCUT2D eigenvalue weighted by Crippen LogP contribution is 2.13. The van der Waals surface area contributed by atoms with Crippen LogP contribution in [0.3, 0.4) is 0 Å². The van der Waals surface area contributed by atoms with E-state index in [2.05, 4.69) is 4.74 Å². The smallest absolute Gasteiger partial charge is 0.429 e. The minimum Gasteiger partial charge on any atom is -0.457 e. The van der Waals surface area contributed by atoms with Gasteiger partial charge in [0, 0.05) is 0 Å². The van der Waals surface area contributed by atoms with Crippen LogP contribution < -0.4 is 0 Å². The van der Waals surface area contributed by atoms with E-state index in [0.717, 1.165) is 31.4 Å². The van der Waals surface area contributed by atoms with Crippen LogP contribution in [-0.4, -0.2) is 20.8 Å². The van der Waals surface area contributed by atoms with E-state index < -0.39 is 21.0 Å². The van der Waals surface area contributed by atoms with E-state index in [-0.39, 0.29) is 4.90 Å². The highest BCUT2D eigenvalue weighted by atomic mass is 32.2. The lowest BCUT2D eigenvalue weighted by atomic mass is 10.4. The molecule has 0 heterocycles. The number of benzene rings is 1. The molecule has 0 saturated carbocycles. The van der Waals surface area contributed by atoms with Gasteiger partial charge >= 0.3 is 5.30 Å². The van der Waals surface area contributed by atoms with Crippen LogP contribution in [-0.2, 0) is 14.6 Å². The predicted molar refractivity (Wildman–Crippen MR) is 46.0 cm³/mol. The highest BCUT2D eigenvalue weighted by molar-refractivity contribution is 8.05. The lowest BCUT2D eigenvalue weighted by molar-refractivity contribution is 0.197. The zero-order valence-corrected chi connectivity index (χ0v) is 8.05. The molecule has 0 N–H and O–H groups in total. The number of carbonyl (C=O) groups excluding carboxylic acids is 1. The molecule has 0 fully saturated rings. The summed E-state index contributed by atoms with van der Waals surface area (Å²) in [5.41, 5.74) is 0. The summed E-state index contributed by atoms with van der Waals surface area (Å²) in [6.07, 6.45) is 0. The van der Waals surface area contributed by atoms with Crippen molar-refractivity contribution in [1.82, 2.24) is 0 Å². The Labute approximate surface area is 80.2 Å². The molecule has 0 spiro atoms. The van der Waals surface area contributed by atoms with Gasteiger partial charge in [-0.15, -0.1) is 0 Å². The third-order valence-corrected chi connectivity index (χ3v) is 3.01. The maximum Gasteiger partial charge on any atom is 0.429 e. The Morgan fingerprint density at radius 3 is 2.21 bits per heavy atom. The molecule has 1 aromatic carbocycles. The molecule has 0 radical (unpaired) electrons. The Hall–Kier alpha value is -1.43. The van der Waals surface area contributed by atoms with Crippen molar-refractivity contribution < 1.29 is 22.3 Å². The number of hydrogen-bond acceptors (Lipinski definition) is 4. The molecule has 0 aromatic heterocycles. The SMILES string of the molecule is COC(=O)S(=O)(=O)c1ccc(F)cc1. The lowest BCUT2D eigenvalue weighted by Crippen LogP contribution is -2.14. The predicted octanol–water partition coefficient (Wildman–Crippen LogP) is 1.37. The van der Waals surface area contributed by atoms with Gasteiger partial charge < -0.3 is 4.74 Å². The van der Waals surface area contributed by atoms with Crippen LogP contribution in [0.25, 0.3) is 0 Å². The minimum absolute atomic E-state index is 0.286.